The summed E-state index contributed by atoms with van der Waals surface area (Å²) in [5.74, 6) is 0.366. The van der Waals surface area contributed by atoms with Crippen molar-refractivity contribution in [2.24, 2.45) is 0 Å². The maximum absolute atomic E-state index is 12.2. The van der Waals surface area contributed by atoms with Crippen LogP contribution >= 0.6 is 11.3 Å². The molecule has 3 aromatic rings. The molecule has 0 aliphatic heterocycles. The number of pyridine rings is 1. The van der Waals surface area contributed by atoms with Crippen LogP contribution in [-0.4, -0.2) is 38.2 Å². The van der Waals surface area contributed by atoms with Gasteiger partial charge in [0.15, 0.2) is 0 Å². The number of thiophene rings is 1. The monoisotopic (exact) mass is 347 g/mol. The van der Waals surface area contributed by atoms with Crippen molar-refractivity contribution >= 4 is 39.1 Å². The summed E-state index contributed by atoms with van der Waals surface area (Å²) in [6.45, 7) is 0.618. The van der Waals surface area contributed by atoms with Gasteiger partial charge in [0.05, 0.1) is 10.6 Å². The molecular formula is C16H17N3O2S2. The number of carbonyl (C=O) groups is 1. The summed E-state index contributed by atoms with van der Waals surface area (Å²) in [4.78, 5) is 17.7. The topological polar surface area (TPSA) is 64.0 Å². The number of fused-ring (bicyclic) bond motifs is 1. The van der Waals surface area contributed by atoms with Crippen molar-refractivity contribution in [2.45, 2.75) is 6.54 Å². The molecule has 23 heavy (non-hydrogen) atoms. The molecule has 0 saturated carbocycles. The molecular weight excluding hydrogens is 330 g/mol. The molecule has 1 N–H and O–H groups in total. The molecule has 0 aliphatic rings. The zero-order valence-electron chi connectivity index (χ0n) is 12.7. The molecule has 0 fully saturated rings. The molecule has 1 amide bonds. The molecule has 3 aromatic heterocycles. The van der Waals surface area contributed by atoms with Crippen molar-refractivity contribution in [3.05, 3.63) is 41.9 Å². The fraction of sp³-hybridized carbons (Fsp3) is 0.250. The molecule has 0 aliphatic carbocycles. The lowest BCUT2D eigenvalue weighted by atomic mass is 10.3. The molecule has 120 valence electrons. The second-order valence-electron chi connectivity index (χ2n) is 5.14. The van der Waals surface area contributed by atoms with Gasteiger partial charge in [-0.3, -0.25) is 9.00 Å². The molecule has 5 nitrogen and oxygen atoms in total. The van der Waals surface area contributed by atoms with Gasteiger partial charge in [-0.25, -0.2) is 4.98 Å². The number of hydrogen-bond donors (Lipinski definition) is 1. The quantitative estimate of drug-likeness (QED) is 0.744. The first-order valence-electron chi connectivity index (χ1n) is 7.20. The van der Waals surface area contributed by atoms with Crippen LogP contribution in [0.15, 0.2) is 41.9 Å². The van der Waals surface area contributed by atoms with Gasteiger partial charge in [-0.05, 0) is 29.6 Å². The summed E-state index contributed by atoms with van der Waals surface area (Å²) in [5.41, 5.74) is 1.79. The van der Waals surface area contributed by atoms with Crippen LogP contribution in [0.3, 0.4) is 0 Å². The molecule has 1 unspecified atom stereocenters. The summed E-state index contributed by atoms with van der Waals surface area (Å²) in [6, 6.07) is 9.97. The Bertz CT molecular complexity index is 840. The van der Waals surface area contributed by atoms with E-state index in [1.165, 1.54) is 0 Å². The number of aromatic nitrogens is 2. The van der Waals surface area contributed by atoms with Crippen molar-refractivity contribution in [1.29, 1.82) is 0 Å². The lowest BCUT2D eigenvalue weighted by Gasteiger charge is -2.09. The molecule has 0 bridgehead atoms. The van der Waals surface area contributed by atoms with Gasteiger partial charge in [0.2, 0.25) is 5.91 Å². The Hall–Kier alpha value is -1.99. The van der Waals surface area contributed by atoms with Crippen LogP contribution in [0.5, 0.6) is 0 Å². The zero-order valence-corrected chi connectivity index (χ0v) is 14.3. The van der Waals surface area contributed by atoms with Crippen LogP contribution < -0.4 is 5.32 Å². The standard InChI is InChI=1S/C16H17N3O2S2/c1-23(21)9-7-17-15(20)11-19-13(14-5-3-8-22-14)10-12-4-2-6-18-16(12)19/h2-6,8,10H,7,9,11H2,1H3,(H,17,20). The minimum absolute atomic E-state index is 0.101. The van der Waals surface area contributed by atoms with Gasteiger partial charge in [0, 0.05) is 40.9 Å². The van der Waals surface area contributed by atoms with Crippen molar-refractivity contribution in [1.82, 2.24) is 14.9 Å². The van der Waals surface area contributed by atoms with E-state index in [9.17, 15) is 9.00 Å². The van der Waals surface area contributed by atoms with Crippen LogP contribution in [0.1, 0.15) is 0 Å². The van der Waals surface area contributed by atoms with Gasteiger partial charge >= 0.3 is 0 Å². The van der Waals surface area contributed by atoms with E-state index in [1.807, 2.05) is 34.2 Å². The van der Waals surface area contributed by atoms with Crippen LogP contribution in [0.4, 0.5) is 0 Å². The van der Waals surface area contributed by atoms with Gasteiger partial charge < -0.3 is 9.88 Å². The number of nitrogens with one attached hydrogen (secondary N) is 1. The number of nitrogens with zero attached hydrogens (tertiary/aromatic N) is 2. The predicted molar refractivity (Wildman–Crippen MR) is 95.0 cm³/mol. The summed E-state index contributed by atoms with van der Waals surface area (Å²) < 4.78 is 13.0. The van der Waals surface area contributed by atoms with Gasteiger partial charge in [-0.2, -0.15) is 0 Å². The molecule has 3 heterocycles. The van der Waals surface area contributed by atoms with E-state index in [0.717, 1.165) is 21.6 Å². The van der Waals surface area contributed by atoms with Gasteiger partial charge in [-0.1, -0.05) is 6.07 Å². The second kappa shape index (κ2) is 7.06. The largest absolute Gasteiger partial charge is 0.354 e. The first-order chi connectivity index (χ1) is 11.1. The summed E-state index contributed by atoms with van der Waals surface area (Å²) in [5, 5.41) is 5.84. The fourth-order valence-electron chi connectivity index (χ4n) is 2.41. The SMILES string of the molecule is CS(=O)CCNC(=O)Cn1c(-c2cccs2)cc2cccnc21. The minimum Gasteiger partial charge on any atom is -0.354 e. The van der Waals surface area contributed by atoms with E-state index in [4.69, 9.17) is 0 Å². The average molecular weight is 347 g/mol. The smallest absolute Gasteiger partial charge is 0.240 e. The van der Waals surface area contributed by atoms with Crippen molar-refractivity contribution in [3.8, 4) is 10.6 Å². The maximum Gasteiger partial charge on any atom is 0.240 e. The van der Waals surface area contributed by atoms with Gasteiger partial charge in [0.1, 0.15) is 12.2 Å². The highest BCUT2D eigenvalue weighted by molar-refractivity contribution is 7.84. The van der Waals surface area contributed by atoms with Crippen molar-refractivity contribution in [2.75, 3.05) is 18.6 Å². The van der Waals surface area contributed by atoms with Gasteiger partial charge in [-0.15, -0.1) is 11.3 Å². The number of hydrogen-bond acceptors (Lipinski definition) is 4. The lowest BCUT2D eigenvalue weighted by Crippen LogP contribution is -2.31. The summed E-state index contributed by atoms with van der Waals surface area (Å²) in [7, 11) is -0.904. The third kappa shape index (κ3) is 3.68. The average Bonchev–Trinajstić information content (AvgIpc) is 3.15. The lowest BCUT2D eigenvalue weighted by molar-refractivity contribution is -0.121. The molecule has 7 heteroatoms. The Morgan fingerprint density at radius 1 is 1.39 bits per heavy atom. The third-order valence-corrected chi connectivity index (χ3v) is 5.11. The van der Waals surface area contributed by atoms with Crippen LogP contribution in [-0.2, 0) is 22.1 Å². The number of rotatable bonds is 6. The summed E-state index contributed by atoms with van der Waals surface area (Å²) >= 11 is 1.63. The van der Waals surface area contributed by atoms with E-state index < -0.39 is 10.8 Å². The Morgan fingerprint density at radius 3 is 3.00 bits per heavy atom. The van der Waals surface area contributed by atoms with Crippen LogP contribution in [0.25, 0.3) is 21.6 Å². The van der Waals surface area contributed by atoms with Crippen molar-refractivity contribution < 1.29 is 9.00 Å². The minimum atomic E-state index is -0.904. The second-order valence-corrected chi connectivity index (χ2v) is 7.64. The molecule has 0 radical (unpaired) electrons. The Labute approximate surface area is 140 Å². The number of amides is 1. The van der Waals surface area contributed by atoms with Gasteiger partial charge in [0.25, 0.3) is 0 Å². The molecule has 0 aromatic carbocycles. The highest BCUT2D eigenvalue weighted by Crippen LogP contribution is 2.30. The highest BCUT2D eigenvalue weighted by Gasteiger charge is 2.14. The van der Waals surface area contributed by atoms with E-state index >= 15 is 0 Å². The van der Waals surface area contributed by atoms with E-state index in [1.54, 1.807) is 23.8 Å². The third-order valence-electron chi connectivity index (χ3n) is 3.44. The normalized spacial score (nSPS) is 12.4. The van der Waals surface area contributed by atoms with Crippen molar-refractivity contribution in [3.63, 3.8) is 0 Å². The molecule has 3 rings (SSSR count). The maximum atomic E-state index is 12.2. The highest BCUT2D eigenvalue weighted by atomic mass is 32.2. The van der Waals surface area contributed by atoms with E-state index in [-0.39, 0.29) is 12.5 Å². The van der Waals surface area contributed by atoms with Crippen LogP contribution in [0.2, 0.25) is 0 Å². The molecule has 0 saturated heterocycles. The first-order valence-corrected chi connectivity index (χ1v) is 9.80. The van der Waals surface area contributed by atoms with Crippen LogP contribution in [0, 0.1) is 0 Å². The molecule has 1 atom stereocenters. The number of carbonyl (C=O) groups excluding carboxylic acids is 1. The Balaban J connectivity index is 1.88. The van der Waals surface area contributed by atoms with E-state index in [0.29, 0.717) is 12.3 Å². The zero-order chi connectivity index (χ0) is 16.2. The molecule has 0 spiro atoms. The Morgan fingerprint density at radius 2 is 2.26 bits per heavy atom. The van der Waals surface area contributed by atoms with E-state index in [2.05, 4.69) is 16.4 Å². The first kappa shape index (κ1) is 15.9. The Kier molecular flexibility index (Phi) is 4.88. The predicted octanol–water partition coefficient (Wildman–Crippen LogP) is 2.26. The summed E-state index contributed by atoms with van der Waals surface area (Å²) in [6.07, 6.45) is 3.36. The fourth-order valence-corrected chi connectivity index (χ4v) is 3.55.